The van der Waals surface area contributed by atoms with Gasteiger partial charge < -0.3 is 5.32 Å². The van der Waals surface area contributed by atoms with E-state index in [2.05, 4.69) is 10.3 Å². The molecule has 1 heterocycles. The SMILES string of the molecule is Cc1cccc(C(=O)NCc2cccnc2-c2ccccc2)c1. The zero-order valence-corrected chi connectivity index (χ0v) is 13.0. The lowest BCUT2D eigenvalue weighted by Crippen LogP contribution is -2.23. The van der Waals surface area contributed by atoms with Crippen LogP contribution in [0.3, 0.4) is 0 Å². The number of amides is 1. The van der Waals surface area contributed by atoms with Gasteiger partial charge in [0.25, 0.3) is 5.91 Å². The molecule has 0 unspecified atom stereocenters. The van der Waals surface area contributed by atoms with Crippen LogP contribution in [0.5, 0.6) is 0 Å². The van der Waals surface area contributed by atoms with Gasteiger partial charge in [0.15, 0.2) is 0 Å². The van der Waals surface area contributed by atoms with Crippen LogP contribution in [0.25, 0.3) is 11.3 Å². The van der Waals surface area contributed by atoms with Crippen molar-refractivity contribution in [3.05, 3.63) is 89.6 Å². The first kappa shape index (κ1) is 15.0. The summed E-state index contributed by atoms with van der Waals surface area (Å²) < 4.78 is 0. The number of aryl methyl sites for hydroxylation is 1. The number of hydrogen-bond acceptors (Lipinski definition) is 2. The van der Waals surface area contributed by atoms with E-state index < -0.39 is 0 Å². The Morgan fingerprint density at radius 1 is 1.00 bits per heavy atom. The lowest BCUT2D eigenvalue weighted by molar-refractivity contribution is 0.0951. The monoisotopic (exact) mass is 302 g/mol. The van der Waals surface area contributed by atoms with Crippen LogP contribution in [0.2, 0.25) is 0 Å². The summed E-state index contributed by atoms with van der Waals surface area (Å²) in [7, 11) is 0. The van der Waals surface area contributed by atoms with Gasteiger partial charge >= 0.3 is 0 Å². The second kappa shape index (κ2) is 6.88. The molecule has 3 nitrogen and oxygen atoms in total. The predicted octanol–water partition coefficient (Wildman–Crippen LogP) is 3.99. The van der Waals surface area contributed by atoms with Crippen LogP contribution in [0.15, 0.2) is 72.9 Å². The first-order valence-corrected chi connectivity index (χ1v) is 7.58. The molecule has 1 N–H and O–H groups in total. The number of carbonyl (C=O) groups is 1. The molecule has 0 aliphatic heterocycles. The molecular formula is C20H18N2O. The van der Waals surface area contributed by atoms with Gasteiger partial charge in [0.1, 0.15) is 0 Å². The van der Waals surface area contributed by atoms with Crippen LogP contribution in [0, 0.1) is 6.92 Å². The summed E-state index contributed by atoms with van der Waals surface area (Å²) in [5.41, 5.74) is 4.70. The van der Waals surface area contributed by atoms with E-state index in [4.69, 9.17) is 0 Å². The molecule has 0 aliphatic rings. The minimum Gasteiger partial charge on any atom is -0.348 e. The van der Waals surface area contributed by atoms with E-state index in [1.165, 1.54) is 0 Å². The Kier molecular flexibility index (Phi) is 4.48. The summed E-state index contributed by atoms with van der Waals surface area (Å²) >= 11 is 0. The quantitative estimate of drug-likeness (QED) is 0.792. The van der Waals surface area contributed by atoms with Crippen molar-refractivity contribution < 1.29 is 4.79 Å². The third kappa shape index (κ3) is 3.64. The van der Waals surface area contributed by atoms with Crippen molar-refractivity contribution in [1.82, 2.24) is 10.3 Å². The smallest absolute Gasteiger partial charge is 0.251 e. The van der Waals surface area contributed by atoms with Crippen molar-refractivity contribution in [2.24, 2.45) is 0 Å². The normalized spacial score (nSPS) is 10.3. The van der Waals surface area contributed by atoms with Crippen molar-refractivity contribution in [2.45, 2.75) is 13.5 Å². The van der Waals surface area contributed by atoms with Crippen molar-refractivity contribution in [3.8, 4) is 11.3 Å². The summed E-state index contributed by atoms with van der Waals surface area (Å²) in [5, 5.41) is 2.97. The average Bonchev–Trinajstić information content (AvgIpc) is 2.60. The number of rotatable bonds is 4. The molecule has 3 aromatic rings. The number of aromatic nitrogens is 1. The molecule has 2 aromatic carbocycles. The molecule has 0 bridgehead atoms. The van der Waals surface area contributed by atoms with E-state index in [0.29, 0.717) is 12.1 Å². The van der Waals surface area contributed by atoms with E-state index in [9.17, 15) is 4.79 Å². The zero-order valence-electron chi connectivity index (χ0n) is 13.0. The number of nitrogens with one attached hydrogen (secondary N) is 1. The lowest BCUT2D eigenvalue weighted by atomic mass is 10.1. The molecule has 0 spiro atoms. The first-order valence-electron chi connectivity index (χ1n) is 7.58. The average molecular weight is 302 g/mol. The Labute approximate surface area is 136 Å². The van der Waals surface area contributed by atoms with Crippen LogP contribution in [-0.2, 0) is 6.54 Å². The zero-order chi connectivity index (χ0) is 16.1. The van der Waals surface area contributed by atoms with E-state index in [1.807, 2.05) is 73.7 Å². The highest BCUT2D eigenvalue weighted by molar-refractivity contribution is 5.94. The Hall–Kier alpha value is -2.94. The highest BCUT2D eigenvalue weighted by atomic mass is 16.1. The molecule has 0 atom stereocenters. The fourth-order valence-electron chi connectivity index (χ4n) is 2.50. The van der Waals surface area contributed by atoms with E-state index >= 15 is 0 Å². The summed E-state index contributed by atoms with van der Waals surface area (Å²) in [5.74, 6) is -0.0726. The molecule has 23 heavy (non-hydrogen) atoms. The fraction of sp³-hybridized carbons (Fsp3) is 0.100. The number of hydrogen-bond donors (Lipinski definition) is 1. The Bertz CT molecular complexity index is 813. The third-order valence-corrected chi connectivity index (χ3v) is 3.66. The second-order valence-electron chi connectivity index (χ2n) is 5.43. The summed E-state index contributed by atoms with van der Waals surface area (Å²) in [4.78, 5) is 16.7. The number of benzene rings is 2. The molecule has 0 aliphatic carbocycles. The largest absolute Gasteiger partial charge is 0.348 e. The molecule has 0 fully saturated rings. The van der Waals surface area contributed by atoms with Crippen molar-refractivity contribution >= 4 is 5.91 Å². The van der Waals surface area contributed by atoms with Crippen LogP contribution in [0.1, 0.15) is 21.5 Å². The van der Waals surface area contributed by atoms with Gasteiger partial charge in [-0.25, -0.2) is 0 Å². The maximum absolute atomic E-state index is 12.3. The number of carbonyl (C=O) groups excluding carboxylic acids is 1. The van der Waals surface area contributed by atoms with Gasteiger partial charge in [-0.1, -0.05) is 54.1 Å². The highest BCUT2D eigenvalue weighted by Crippen LogP contribution is 2.20. The minimum atomic E-state index is -0.0726. The van der Waals surface area contributed by atoms with Gasteiger partial charge in [0, 0.05) is 23.9 Å². The van der Waals surface area contributed by atoms with Gasteiger partial charge in [0.05, 0.1) is 5.69 Å². The molecule has 0 saturated carbocycles. The van der Waals surface area contributed by atoms with Crippen molar-refractivity contribution in [2.75, 3.05) is 0 Å². The van der Waals surface area contributed by atoms with Crippen LogP contribution < -0.4 is 5.32 Å². The van der Waals surface area contributed by atoms with E-state index in [0.717, 1.165) is 22.4 Å². The summed E-state index contributed by atoms with van der Waals surface area (Å²) in [6.07, 6.45) is 1.77. The first-order chi connectivity index (χ1) is 11.2. The number of nitrogens with zero attached hydrogens (tertiary/aromatic N) is 1. The fourth-order valence-corrected chi connectivity index (χ4v) is 2.50. The Balaban J connectivity index is 1.78. The molecule has 0 radical (unpaired) electrons. The predicted molar refractivity (Wildman–Crippen MR) is 92.0 cm³/mol. The van der Waals surface area contributed by atoms with Crippen LogP contribution in [0.4, 0.5) is 0 Å². The maximum atomic E-state index is 12.3. The molecule has 114 valence electrons. The summed E-state index contributed by atoms with van der Waals surface area (Å²) in [6.45, 7) is 2.43. The van der Waals surface area contributed by atoms with Crippen LogP contribution >= 0.6 is 0 Å². The second-order valence-corrected chi connectivity index (χ2v) is 5.43. The summed E-state index contributed by atoms with van der Waals surface area (Å²) in [6, 6.07) is 21.5. The topological polar surface area (TPSA) is 42.0 Å². The van der Waals surface area contributed by atoms with Gasteiger partial charge in [-0.2, -0.15) is 0 Å². The van der Waals surface area contributed by atoms with E-state index in [1.54, 1.807) is 6.20 Å². The Morgan fingerprint density at radius 3 is 2.61 bits per heavy atom. The van der Waals surface area contributed by atoms with Crippen LogP contribution in [-0.4, -0.2) is 10.9 Å². The molecule has 0 saturated heterocycles. The molecule has 1 aromatic heterocycles. The highest BCUT2D eigenvalue weighted by Gasteiger charge is 2.09. The maximum Gasteiger partial charge on any atom is 0.251 e. The third-order valence-electron chi connectivity index (χ3n) is 3.66. The van der Waals surface area contributed by atoms with Gasteiger partial charge in [-0.3, -0.25) is 9.78 Å². The van der Waals surface area contributed by atoms with Crippen molar-refractivity contribution in [1.29, 1.82) is 0 Å². The lowest BCUT2D eigenvalue weighted by Gasteiger charge is -2.10. The Morgan fingerprint density at radius 2 is 1.83 bits per heavy atom. The van der Waals surface area contributed by atoms with Crippen molar-refractivity contribution in [3.63, 3.8) is 0 Å². The molecule has 3 heteroatoms. The standard InChI is InChI=1S/C20H18N2O/c1-15-7-5-10-17(13-15)20(23)22-14-18-11-6-12-21-19(18)16-8-3-2-4-9-16/h2-13H,14H2,1H3,(H,22,23). The van der Waals surface area contributed by atoms with Gasteiger partial charge in [0.2, 0.25) is 0 Å². The van der Waals surface area contributed by atoms with E-state index in [-0.39, 0.29) is 5.91 Å². The number of pyridine rings is 1. The molecule has 1 amide bonds. The molecular weight excluding hydrogens is 284 g/mol. The van der Waals surface area contributed by atoms with Gasteiger partial charge in [-0.15, -0.1) is 0 Å². The minimum absolute atomic E-state index is 0.0726. The molecule has 3 rings (SSSR count). The van der Waals surface area contributed by atoms with Gasteiger partial charge in [-0.05, 0) is 30.7 Å².